The number of H-pyrrole nitrogens is 1. The summed E-state index contributed by atoms with van der Waals surface area (Å²) >= 11 is 1.40. The van der Waals surface area contributed by atoms with Crippen LogP contribution in [0.1, 0.15) is 49.9 Å². The zero-order chi connectivity index (χ0) is 34.4. The lowest BCUT2D eigenvalue weighted by molar-refractivity contribution is -0.0818. The number of anilines is 1. The van der Waals surface area contributed by atoms with E-state index in [0.717, 1.165) is 37.4 Å². The van der Waals surface area contributed by atoms with Crippen LogP contribution in [-0.2, 0) is 10.8 Å². The van der Waals surface area contributed by atoms with Gasteiger partial charge in [-0.3, -0.25) is 4.90 Å². The maximum Gasteiger partial charge on any atom is 0.282 e. The normalized spacial score (nSPS) is 22.0. The predicted molar refractivity (Wildman–Crippen MR) is 196 cm³/mol. The first kappa shape index (κ1) is 34.0. The summed E-state index contributed by atoms with van der Waals surface area (Å²) in [6.45, 7) is 7.91. The third kappa shape index (κ3) is 6.47. The first-order valence-corrected chi connectivity index (χ1v) is 19.7. The molecule has 0 aliphatic carbocycles. The molecule has 3 N–H and O–H groups in total. The highest BCUT2D eigenvalue weighted by atomic mass is 32.1. The number of thiazole rings is 1. The number of fused-ring (bicyclic) bond motifs is 3. The van der Waals surface area contributed by atoms with Crippen molar-refractivity contribution in [3.63, 3.8) is 0 Å². The Kier molecular flexibility index (Phi) is 9.25. The molecule has 5 aromatic rings. The van der Waals surface area contributed by atoms with Crippen LogP contribution in [0.4, 0.5) is 18.3 Å². The van der Waals surface area contributed by atoms with Gasteiger partial charge in [0.25, 0.3) is 14.2 Å². The molecule has 11 heteroatoms. The van der Waals surface area contributed by atoms with Gasteiger partial charge in [-0.1, -0.05) is 99.6 Å². The molecule has 2 aromatic heterocycles. The Balaban J connectivity index is 1.23. The van der Waals surface area contributed by atoms with Crippen molar-refractivity contribution in [3.05, 3.63) is 107 Å². The first-order chi connectivity index (χ1) is 23.5. The average molecular weight is 704 g/mol. The SMILES string of the molecule is C[C@@H]1Cc2c([nH]c3ccccc23)[C@@H](c2cnc(N[C@H]3CNC[C@@H]3F)s2)N1CC(F)(F)CO[Si](c1ccccc1)(c1ccccc1)C(C)(C)C. The van der Waals surface area contributed by atoms with Crippen LogP contribution in [0.2, 0.25) is 5.04 Å². The molecule has 1 fully saturated rings. The van der Waals surface area contributed by atoms with Crippen LogP contribution >= 0.6 is 11.3 Å². The average Bonchev–Trinajstić information content (AvgIpc) is 3.81. The van der Waals surface area contributed by atoms with Crippen LogP contribution < -0.4 is 21.0 Å². The molecule has 0 saturated carbocycles. The highest BCUT2D eigenvalue weighted by Crippen LogP contribution is 2.45. The lowest BCUT2D eigenvalue weighted by Gasteiger charge is -2.45. The van der Waals surface area contributed by atoms with Gasteiger partial charge in [0.1, 0.15) is 6.17 Å². The van der Waals surface area contributed by atoms with Gasteiger partial charge in [0.05, 0.1) is 25.2 Å². The van der Waals surface area contributed by atoms with E-state index in [1.54, 1.807) is 6.20 Å². The maximum absolute atomic E-state index is 16.7. The molecule has 0 spiro atoms. The molecule has 4 atom stereocenters. The zero-order valence-electron chi connectivity index (χ0n) is 28.4. The highest BCUT2D eigenvalue weighted by molar-refractivity contribution is 7.15. The van der Waals surface area contributed by atoms with E-state index >= 15 is 8.78 Å². The number of hydrogen-bond donors (Lipinski definition) is 3. The molecule has 2 aliphatic rings. The van der Waals surface area contributed by atoms with Gasteiger partial charge in [0, 0.05) is 46.8 Å². The van der Waals surface area contributed by atoms with Gasteiger partial charge < -0.3 is 20.0 Å². The number of para-hydroxylation sites is 1. The van der Waals surface area contributed by atoms with Crippen molar-refractivity contribution < 1.29 is 17.6 Å². The Morgan fingerprint density at radius 1 is 0.959 bits per heavy atom. The van der Waals surface area contributed by atoms with Crippen LogP contribution in [-0.4, -0.2) is 73.6 Å². The summed E-state index contributed by atoms with van der Waals surface area (Å²) in [6.07, 6.45) is 1.36. The molecular formula is C38H44F3N5OSSi. The second-order valence-electron chi connectivity index (χ2n) is 14.5. The van der Waals surface area contributed by atoms with Gasteiger partial charge in [0.2, 0.25) is 0 Å². The number of benzene rings is 3. The monoisotopic (exact) mass is 703 g/mol. The van der Waals surface area contributed by atoms with Crippen LogP contribution in [0, 0.1) is 0 Å². The minimum absolute atomic E-state index is 0.191. The molecule has 0 radical (unpaired) electrons. The number of nitrogens with zero attached hydrogens (tertiary/aromatic N) is 2. The van der Waals surface area contributed by atoms with Crippen molar-refractivity contribution in [2.24, 2.45) is 0 Å². The minimum Gasteiger partial charge on any atom is -0.401 e. The van der Waals surface area contributed by atoms with Crippen LogP contribution in [0.5, 0.6) is 0 Å². The summed E-state index contributed by atoms with van der Waals surface area (Å²) in [5.41, 5.74) is 3.03. The Labute approximate surface area is 291 Å². The molecule has 0 unspecified atom stereocenters. The quantitative estimate of drug-likeness (QED) is 0.138. The minimum atomic E-state index is -3.18. The van der Waals surface area contributed by atoms with Gasteiger partial charge in [-0.2, -0.15) is 0 Å². The molecule has 258 valence electrons. The van der Waals surface area contributed by atoms with E-state index in [-0.39, 0.29) is 12.1 Å². The summed E-state index contributed by atoms with van der Waals surface area (Å²) in [5, 5.41) is 9.50. The van der Waals surface area contributed by atoms with Crippen LogP contribution in [0.3, 0.4) is 0 Å². The molecule has 4 heterocycles. The van der Waals surface area contributed by atoms with E-state index in [4.69, 9.17) is 4.43 Å². The third-order valence-electron chi connectivity index (χ3n) is 10.1. The summed E-state index contributed by atoms with van der Waals surface area (Å²) < 4.78 is 54.6. The van der Waals surface area contributed by atoms with Gasteiger partial charge in [-0.05, 0) is 40.4 Å². The number of hydrogen-bond acceptors (Lipinski definition) is 6. The fourth-order valence-electron chi connectivity index (χ4n) is 7.77. The molecule has 1 saturated heterocycles. The summed E-state index contributed by atoms with van der Waals surface area (Å²) in [6, 6.07) is 26.9. The topological polar surface area (TPSA) is 65.2 Å². The molecule has 3 aromatic carbocycles. The van der Waals surface area contributed by atoms with E-state index in [9.17, 15) is 4.39 Å². The summed E-state index contributed by atoms with van der Waals surface area (Å²) in [7, 11) is -3.18. The summed E-state index contributed by atoms with van der Waals surface area (Å²) in [5.74, 6) is -3.17. The first-order valence-electron chi connectivity index (χ1n) is 17.0. The number of aromatic nitrogens is 2. The van der Waals surface area contributed by atoms with Crippen LogP contribution in [0.25, 0.3) is 10.9 Å². The lowest BCUT2D eigenvalue weighted by atomic mass is 9.91. The number of aromatic amines is 1. The van der Waals surface area contributed by atoms with E-state index in [2.05, 4.69) is 47.4 Å². The second kappa shape index (κ2) is 13.3. The van der Waals surface area contributed by atoms with Crippen molar-refractivity contribution in [3.8, 4) is 0 Å². The summed E-state index contributed by atoms with van der Waals surface area (Å²) in [4.78, 5) is 10.9. The molecular weight excluding hydrogens is 660 g/mol. The molecule has 49 heavy (non-hydrogen) atoms. The van der Waals surface area contributed by atoms with Crippen LogP contribution in [0.15, 0.2) is 91.1 Å². The largest absolute Gasteiger partial charge is 0.401 e. The van der Waals surface area contributed by atoms with E-state index in [1.807, 2.05) is 90.7 Å². The Morgan fingerprint density at radius 2 is 1.61 bits per heavy atom. The van der Waals surface area contributed by atoms with Crippen molar-refractivity contribution in [1.82, 2.24) is 20.2 Å². The Morgan fingerprint density at radius 3 is 2.24 bits per heavy atom. The van der Waals surface area contributed by atoms with E-state index < -0.39 is 44.6 Å². The van der Waals surface area contributed by atoms with Gasteiger partial charge >= 0.3 is 0 Å². The fourth-order valence-corrected chi connectivity index (χ4v) is 13.4. The number of rotatable bonds is 10. The van der Waals surface area contributed by atoms with Crippen molar-refractivity contribution in [2.45, 2.75) is 69.4 Å². The predicted octanol–water partition coefficient (Wildman–Crippen LogP) is 6.89. The molecule has 2 aliphatic heterocycles. The Bertz CT molecular complexity index is 1840. The molecule has 0 bridgehead atoms. The highest BCUT2D eigenvalue weighted by Gasteiger charge is 2.52. The van der Waals surface area contributed by atoms with E-state index in [1.165, 1.54) is 11.3 Å². The number of alkyl halides is 3. The van der Waals surface area contributed by atoms with Crippen molar-refractivity contribution in [2.75, 3.05) is 31.6 Å². The molecule has 0 amide bonds. The zero-order valence-corrected chi connectivity index (χ0v) is 30.2. The van der Waals surface area contributed by atoms with Crippen molar-refractivity contribution in [1.29, 1.82) is 0 Å². The molecule has 6 nitrogen and oxygen atoms in total. The standard InChI is InChI=1S/C38H44F3N5OSSi/c1-25-19-29-28-17-11-12-18-31(28)44-34(29)35(33-22-43-36(48-33)45-32-21-42-20-30(32)39)46(25)23-38(40,41)24-47-49(37(2,3)4,26-13-7-5-8-14-26)27-15-9-6-10-16-27/h5-18,22,25,30,32,35,42,44H,19-21,23-24H2,1-4H3,(H,43,45)/t25-,30+,32+,35-/m1/s1. The Hall–Kier alpha value is -3.48. The molecule has 7 rings (SSSR count). The van der Waals surface area contributed by atoms with Crippen molar-refractivity contribution >= 4 is 46.1 Å². The second-order valence-corrected chi connectivity index (χ2v) is 19.9. The number of nitrogens with one attached hydrogen (secondary N) is 3. The lowest BCUT2D eigenvalue weighted by Crippen LogP contribution is -2.67. The van der Waals surface area contributed by atoms with E-state index in [0.29, 0.717) is 24.6 Å². The fraction of sp³-hybridized carbons (Fsp3) is 0.395. The third-order valence-corrected chi connectivity index (χ3v) is 16.1. The smallest absolute Gasteiger partial charge is 0.282 e. The van der Waals surface area contributed by atoms with Gasteiger partial charge in [-0.15, -0.1) is 11.3 Å². The van der Waals surface area contributed by atoms with Gasteiger partial charge in [-0.25, -0.2) is 18.2 Å². The number of halogens is 3. The maximum atomic E-state index is 16.7. The van der Waals surface area contributed by atoms with Gasteiger partial charge in [0.15, 0.2) is 5.13 Å².